The Bertz CT molecular complexity index is 371. The lowest BCUT2D eigenvalue weighted by Crippen LogP contribution is -2.56. The molecule has 1 heterocycles. The summed E-state index contributed by atoms with van der Waals surface area (Å²) in [4.78, 5) is 2.49. The Morgan fingerprint density at radius 2 is 1.63 bits per heavy atom. The Labute approximate surface area is 117 Å². The van der Waals surface area contributed by atoms with Gasteiger partial charge in [-0.1, -0.05) is 38.8 Å². The molecule has 0 aromatic heterocycles. The van der Waals surface area contributed by atoms with Crippen molar-refractivity contribution in [2.45, 2.75) is 46.0 Å². The van der Waals surface area contributed by atoms with E-state index in [4.69, 9.17) is 5.11 Å². The zero-order valence-corrected chi connectivity index (χ0v) is 12.4. The maximum Gasteiger partial charge on any atom is 0.0471 e. The van der Waals surface area contributed by atoms with Crippen molar-refractivity contribution in [2.75, 3.05) is 24.6 Å². The Kier molecular flexibility index (Phi) is 4.87. The molecule has 0 aliphatic carbocycles. The largest absolute Gasteiger partial charge is 0.396 e. The molecular weight excluding hydrogens is 234 g/mol. The lowest BCUT2D eigenvalue weighted by Gasteiger charge is -2.52. The van der Waals surface area contributed by atoms with Gasteiger partial charge < -0.3 is 10.0 Å². The molecule has 1 aromatic rings. The third kappa shape index (κ3) is 3.30. The number of aliphatic hydroxyl groups is 1. The number of hydrogen-bond donors (Lipinski definition) is 1. The van der Waals surface area contributed by atoms with Gasteiger partial charge in [0.05, 0.1) is 0 Å². The fraction of sp³-hybridized carbons (Fsp3) is 0.647. The molecule has 0 unspecified atom stereocenters. The number of hydrogen-bond acceptors (Lipinski definition) is 2. The number of benzene rings is 1. The molecule has 2 rings (SSSR count). The van der Waals surface area contributed by atoms with Crippen molar-refractivity contribution in [3.05, 3.63) is 29.8 Å². The third-order valence-electron chi connectivity index (χ3n) is 4.32. The van der Waals surface area contributed by atoms with Gasteiger partial charge in [-0.25, -0.2) is 0 Å². The highest BCUT2D eigenvalue weighted by Crippen LogP contribution is 2.41. The fourth-order valence-electron chi connectivity index (χ4n) is 3.45. The number of rotatable bonds is 7. The zero-order valence-electron chi connectivity index (χ0n) is 12.4. The molecule has 106 valence electrons. The summed E-state index contributed by atoms with van der Waals surface area (Å²) in [6.45, 7) is 7.26. The van der Waals surface area contributed by atoms with Crippen molar-refractivity contribution in [3.63, 3.8) is 0 Å². The van der Waals surface area contributed by atoms with Crippen LogP contribution in [0.25, 0.3) is 0 Å². The fourth-order valence-corrected chi connectivity index (χ4v) is 3.45. The van der Waals surface area contributed by atoms with Crippen molar-refractivity contribution in [1.29, 1.82) is 0 Å². The number of anilines is 1. The molecule has 2 heteroatoms. The van der Waals surface area contributed by atoms with Crippen LogP contribution in [0.5, 0.6) is 0 Å². The zero-order chi connectivity index (χ0) is 13.7. The molecular formula is C17H27NO. The monoisotopic (exact) mass is 261 g/mol. The average molecular weight is 261 g/mol. The van der Waals surface area contributed by atoms with Gasteiger partial charge in [-0.2, -0.15) is 0 Å². The van der Waals surface area contributed by atoms with Crippen LogP contribution < -0.4 is 4.90 Å². The summed E-state index contributed by atoms with van der Waals surface area (Å²) in [5, 5.41) is 8.93. The predicted octanol–water partition coefficient (Wildman–Crippen LogP) is 3.63. The molecule has 1 aliphatic rings. The summed E-state index contributed by atoms with van der Waals surface area (Å²) in [5.41, 5.74) is 3.14. The Morgan fingerprint density at radius 3 is 2.11 bits per heavy atom. The van der Waals surface area contributed by atoms with Crippen LogP contribution in [-0.4, -0.2) is 24.8 Å². The van der Waals surface area contributed by atoms with Crippen LogP contribution in [0.3, 0.4) is 0 Å². The van der Waals surface area contributed by atoms with Crippen LogP contribution in [0.4, 0.5) is 5.69 Å². The summed E-state index contributed by atoms with van der Waals surface area (Å²) >= 11 is 0. The molecule has 0 saturated carbocycles. The second kappa shape index (κ2) is 6.42. The van der Waals surface area contributed by atoms with Gasteiger partial charge in [-0.15, -0.1) is 0 Å². The highest BCUT2D eigenvalue weighted by molar-refractivity contribution is 5.51. The van der Waals surface area contributed by atoms with Gasteiger partial charge in [0.1, 0.15) is 0 Å². The second-order valence-corrected chi connectivity index (χ2v) is 6.00. The minimum atomic E-state index is 0.235. The minimum Gasteiger partial charge on any atom is -0.396 e. The molecule has 1 aliphatic heterocycles. The molecule has 0 atom stereocenters. The summed E-state index contributed by atoms with van der Waals surface area (Å²) in [6.07, 6.45) is 6.07. The van der Waals surface area contributed by atoms with E-state index >= 15 is 0 Å². The van der Waals surface area contributed by atoms with Gasteiger partial charge in [0.25, 0.3) is 0 Å². The van der Waals surface area contributed by atoms with E-state index in [-0.39, 0.29) is 6.61 Å². The van der Waals surface area contributed by atoms with Gasteiger partial charge in [0, 0.05) is 30.8 Å². The molecule has 1 saturated heterocycles. The van der Waals surface area contributed by atoms with Crippen molar-refractivity contribution >= 4 is 5.69 Å². The van der Waals surface area contributed by atoms with E-state index in [9.17, 15) is 0 Å². The van der Waals surface area contributed by atoms with E-state index < -0.39 is 0 Å². The maximum absolute atomic E-state index is 8.93. The number of aliphatic hydroxyl groups excluding tert-OH is 1. The first kappa shape index (κ1) is 14.4. The van der Waals surface area contributed by atoms with E-state index in [2.05, 4.69) is 43.0 Å². The van der Waals surface area contributed by atoms with Crippen molar-refractivity contribution in [2.24, 2.45) is 5.41 Å². The Balaban J connectivity index is 1.94. The predicted molar refractivity (Wildman–Crippen MR) is 81.7 cm³/mol. The Morgan fingerprint density at radius 1 is 1.05 bits per heavy atom. The molecule has 0 amide bonds. The van der Waals surface area contributed by atoms with E-state index in [0.29, 0.717) is 5.41 Å². The number of nitrogens with zero attached hydrogens (tertiary/aromatic N) is 1. The van der Waals surface area contributed by atoms with Gasteiger partial charge in [-0.3, -0.25) is 0 Å². The first-order valence-corrected chi connectivity index (χ1v) is 7.68. The van der Waals surface area contributed by atoms with Crippen LogP contribution in [0.15, 0.2) is 24.3 Å². The standard InChI is InChI=1S/C17H27NO/c1-3-10-17(11-4-2)13-18(14-17)16-7-5-15(6-8-16)9-12-19/h5-8,19H,3-4,9-14H2,1-2H3. The summed E-state index contributed by atoms with van der Waals surface area (Å²) in [5.74, 6) is 0. The van der Waals surface area contributed by atoms with Crippen LogP contribution in [0, 0.1) is 5.41 Å². The summed E-state index contributed by atoms with van der Waals surface area (Å²) in [6, 6.07) is 8.69. The summed E-state index contributed by atoms with van der Waals surface area (Å²) in [7, 11) is 0. The van der Waals surface area contributed by atoms with Gasteiger partial charge in [-0.05, 0) is 37.0 Å². The molecule has 1 fully saturated rings. The quantitative estimate of drug-likeness (QED) is 0.810. The molecule has 0 radical (unpaired) electrons. The molecule has 19 heavy (non-hydrogen) atoms. The highest BCUT2D eigenvalue weighted by atomic mass is 16.2. The van der Waals surface area contributed by atoms with Crippen molar-refractivity contribution in [3.8, 4) is 0 Å². The maximum atomic E-state index is 8.93. The lowest BCUT2D eigenvalue weighted by atomic mass is 9.72. The van der Waals surface area contributed by atoms with Crippen LogP contribution in [0.2, 0.25) is 0 Å². The first-order valence-electron chi connectivity index (χ1n) is 7.68. The van der Waals surface area contributed by atoms with E-state index in [1.54, 1.807) is 0 Å². The Hall–Kier alpha value is -1.02. The van der Waals surface area contributed by atoms with Crippen molar-refractivity contribution in [1.82, 2.24) is 0 Å². The summed E-state index contributed by atoms with van der Waals surface area (Å²) < 4.78 is 0. The van der Waals surface area contributed by atoms with Crippen LogP contribution in [-0.2, 0) is 6.42 Å². The van der Waals surface area contributed by atoms with Gasteiger partial charge in [0.2, 0.25) is 0 Å². The van der Waals surface area contributed by atoms with E-state index in [1.165, 1.54) is 50.0 Å². The third-order valence-corrected chi connectivity index (χ3v) is 4.32. The molecule has 1 N–H and O–H groups in total. The first-order chi connectivity index (χ1) is 9.23. The second-order valence-electron chi connectivity index (χ2n) is 6.00. The van der Waals surface area contributed by atoms with Crippen LogP contribution in [0.1, 0.15) is 45.1 Å². The SMILES string of the molecule is CCCC1(CCC)CN(c2ccc(CCO)cc2)C1. The lowest BCUT2D eigenvalue weighted by molar-refractivity contribution is 0.173. The molecule has 2 nitrogen and oxygen atoms in total. The smallest absolute Gasteiger partial charge is 0.0471 e. The molecule has 0 bridgehead atoms. The van der Waals surface area contributed by atoms with Crippen LogP contribution >= 0.6 is 0 Å². The van der Waals surface area contributed by atoms with Gasteiger partial charge in [0.15, 0.2) is 0 Å². The van der Waals surface area contributed by atoms with E-state index in [1.807, 2.05) is 0 Å². The van der Waals surface area contributed by atoms with Gasteiger partial charge >= 0.3 is 0 Å². The molecule has 0 spiro atoms. The average Bonchev–Trinajstić information content (AvgIpc) is 2.37. The highest BCUT2D eigenvalue weighted by Gasteiger charge is 2.41. The topological polar surface area (TPSA) is 23.5 Å². The van der Waals surface area contributed by atoms with E-state index in [0.717, 1.165) is 6.42 Å². The minimum absolute atomic E-state index is 0.235. The molecule has 1 aromatic carbocycles. The normalized spacial score (nSPS) is 17.3. The van der Waals surface area contributed by atoms with Crippen molar-refractivity contribution < 1.29 is 5.11 Å².